The number of hydrogen-bond acceptors (Lipinski definition) is 6. The molecule has 31 heavy (non-hydrogen) atoms. The molecule has 0 aliphatic carbocycles. The minimum Gasteiger partial charge on any atom is -0.330 e. The summed E-state index contributed by atoms with van der Waals surface area (Å²) >= 11 is 0. The Bertz CT molecular complexity index is 955. The molecule has 2 aliphatic rings. The molecule has 2 aliphatic heterocycles. The second kappa shape index (κ2) is 10.0. The van der Waals surface area contributed by atoms with Crippen molar-refractivity contribution in [3.8, 4) is 5.69 Å². The summed E-state index contributed by atoms with van der Waals surface area (Å²) in [6.45, 7) is 6.73. The van der Waals surface area contributed by atoms with E-state index in [9.17, 15) is 9.59 Å². The standard InChI is InChI=1S/C22H31N7O2/c23-15-18-5-10-27(16-18)9-4-17-2-1-3-19(14-17)29-11-6-20(26-22(29)31)25-21(30)28-12-7-24-8-13-28/h1-3,6,11,14,18,24H,4-5,7-10,12-13,15-16,23H2,(H,25,26,30,31). The quantitative estimate of drug-likeness (QED) is 0.622. The Kier molecular flexibility index (Phi) is 6.96. The molecule has 9 heteroatoms. The summed E-state index contributed by atoms with van der Waals surface area (Å²) in [5.74, 6) is 0.881. The van der Waals surface area contributed by atoms with Crippen molar-refractivity contribution in [2.24, 2.45) is 11.7 Å². The second-order valence-electron chi connectivity index (χ2n) is 8.24. The third-order valence-corrected chi connectivity index (χ3v) is 6.05. The van der Waals surface area contributed by atoms with Gasteiger partial charge in [-0.3, -0.25) is 9.88 Å². The first-order chi connectivity index (χ1) is 15.1. The normalized spacial score (nSPS) is 19.5. The molecular weight excluding hydrogens is 394 g/mol. The van der Waals surface area contributed by atoms with Crippen molar-refractivity contribution in [3.05, 3.63) is 52.6 Å². The van der Waals surface area contributed by atoms with Gasteiger partial charge >= 0.3 is 11.7 Å². The van der Waals surface area contributed by atoms with E-state index in [1.54, 1.807) is 17.2 Å². The monoisotopic (exact) mass is 425 g/mol. The first kappa shape index (κ1) is 21.5. The zero-order valence-electron chi connectivity index (χ0n) is 17.8. The van der Waals surface area contributed by atoms with Crippen LogP contribution in [0.15, 0.2) is 41.3 Å². The van der Waals surface area contributed by atoms with Crippen molar-refractivity contribution in [2.75, 3.05) is 57.7 Å². The highest BCUT2D eigenvalue weighted by atomic mass is 16.2. The van der Waals surface area contributed by atoms with Crippen LogP contribution in [-0.4, -0.2) is 77.7 Å². The van der Waals surface area contributed by atoms with E-state index in [-0.39, 0.29) is 11.8 Å². The molecule has 3 heterocycles. The second-order valence-corrected chi connectivity index (χ2v) is 8.24. The first-order valence-corrected chi connectivity index (χ1v) is 11.0. The summed E-state index contributed by atoms with van der Waals surface area (Å²) < 4.78 is 1.50. The number of carbonyl (C=O) groups is 1. The van der Waals surface area contributed by atoms with E-state index in [1.165, 1.54) is 16.6 Å². The van der Waals surface area contributed by atoms with Crippen LogP contribution in [0.3, 0.4) is 0 Å². The van der Waals surface area contributed by atoms with E-state index in [0.717, 1.165) is 51.4 Å². The molecule has 2 aromatic rings. The fourth-order valence-corrected chi connectivity index (χ4v) is 4.18. The van der Waals surface area contributed by atoms with Crippen LogP contribution >= 0.6 is 0 Å². The predicted octanol–water partition coefficient (Wildman–Crippen LogP) is 0.493. The van der Waals surface area contributed by atoms with Gasteiger partial charge in [-0.05, 0) is 55.6 Å². The maximum absolute atomic E-state index is 12.6. The minimum atomic E-state index is -0.416. The topological polar surface area (TPSA) is 109 Å². The number of likely N-dealkylation sites (tertiary alicyclic amines) is 1. The van der Waals surface area contributed by atoms with Crippen molar-refractivity contribution in [3.63, 3.8) is 0 Å². The fourth-order valence-electron chi connectivity index (χ4n) is 4.18. The van der Waals surface area contributed by atoms with Gasteiger partial charge in [0.05, 0.1) is 5.69 Å². The Hall–Kier alpha value is -2.75. The molecule has 1 aromatic carbocycles. The number of nitrogens with zero attached hydrogens (tertiary/aromatic N) is 4. The zero-order valence-corrected chi connectivity index (χ0v) is 17.8. The van der Waals surface area contributed by atoms with Gasteiger partial charge in [0, 0.05) is 45.5 Å². The van der Waals surface area contributed by atoms with E-state index in [1.807, 2.05) is 18.2 Å². The third-order valence-electron chi connectivity index (χ3n) is 6.05. The summed E-state index contributed by atoms with van der Waals surface area (Å²) in [6, 6.07) is 9.40. The lowest BCUT2D eigenvalue weighted by atomic mass is 10.1. The van der Waals surface area contributed by atoms with Gasteiger partial charge in [0.1, 0.15) is 5.82 Å². The zero-order chi connectivity index (χ0) is 21.6. The van der Waals surface area contributed by atoms with Crippen molar-refractivity contribution in [1.82, 2.24) is 24.7 Å². The smallest absolute Gasteiger partial charge is 0.330 e. The first-order valence-electron chi connectivity index (χ1n) is 11.0. The highest BCUT2D eigenvalue weighted by Crippen LogP contribution is 2.16. The molecule has 0 saturated carbocycles. The molecule has 4 N–H and O–H groups in total. The number of urea groups is 1. The number of piperazine rings is 1. The van der Waals surface area contributed by atoms with Crippen LogP contribution in [0.1, 0.15) is 12.0 Å². The van der Waals surface area contributed by atoms with Gasteiger partial charge in [-0.25, -0.2) is 9.59 Å². The van der Waals surface area contributed by atoms with Gasteiger partial charge in [0.2, 0.25) is 0 Å². The molecule has 0 radical (unpaired) electrons. The molecule has 4 rings (SSSR count). The molecule has 2 fully saturated rings. The van der Waals surface area contributed by atoms with Crippen LogP contribution < -0.4 is 22.1 Å². The largest absolute Gasteiger partial charge is 0.354 e. The Balaban J connectivity index is 1.39. The molecule has 1 unspecified atom stereocenters. The number of nitrogens with two attached hydrogens (primary N) is 1. The average Bonchev–Trinajstić information content (AvgIpc) is 3.27. The summed E-state index contributed by atoms with van der Waals surface area (Å²) in [5.41, 5.74) is 7.32. The number of hydrogen-bond donors (Lipinski definition) is 3. The molecule has 9 nitrogen and oxygen atoms in total. The molecular formula is C22H31N7O2. The average molecular weight is 426 g/mol. The van der Waals surface area contributed by atoms with Gasteiger partial charge < -0.3 is 20.9 Å². The van der Waals surface area contributed by atoms with Crippen LogP contribution in [-0.2, 0) is 6.42 Å². The number of nitrogens with one attached hydrogen (secondary N) is 2. The minimum absolute atomic E-state index is 0.230. The number of carbonyl (C=O) groups excluding carboxylic acids is 1. The van der Waals surface area contributed by atoms with Gasteiger partial charge in [0.25, 0.3) is 0 Å². The molecule has 1 aromatic heterocycles. The molecule has 2 saturated heterocycles. The number of benzene rings is 1. The lowest BCUT2D eigenvalue weighted by Gasteiger charge is -2.27. The van der Waals surface area contributed by atoms with Gasteiger partial charge in [-0.2, -0.15) is 4.98 Å². The van der Waals surface area contributed by atoms with Crippen molar-refractivity contribution in [2.45, 2.75) is 12.8 Å². The number of anilines is 1. The van der Waals surface area contributed by atoms with Crippen molar-refractivity contribution >= 4 is 11.8 Å². The maximum atomic E-state index is 12.6. The molecule has 1 atom stereocenters. The highest BCUT2D eigenvalue weighted by molar-refractivity contribution is 5.88. The Morgan fingerprint density at radius 2 is 2.06 bits per heavy atom. The fraction of sp³-hybridized carbons (Fsp3) is 0.500. The number of rotatable bonds is 6. The van der Waals surface area contributed by atoms with E-state index >= 15 is 0 Å². The van der Waals surface area contributed by atoms with Crippen LogP contribution in [0.2, 0.25) is 0 Å². The highest BCUT2D eigenvalue weighted by Gasteiger charge is 2.20. The van der Waals surface area contributed by atoms with Gasteiger partial charge in [0.15, 0.2) is 0 Å². The van der Waals surface area contributed by atoms with Crippen molar-refractivity contribution in [1.29, 1.82) is 0 Å². The van der Waals surface area contributed by atoms with Crippen LogP contribution in [0.25, 0.3) is 5.69 Å². The summed E-state index contributed by atoms with van der Waals surface area (Å²) in [6.07, 6.45) is 3.76. The summed E-state index contributed by atoms with van der Waals surface area (Å²) in [7, 11) is 0. The third kappa shape index (κ3) is 5.49. The number of aromatic nitrogens is 2. The summed E-state index contributed by atoms with van der Waals surface area (Å²) in [5, 5.41) is 5.93. The van der Waals surface area contributed by atoms with Gasteiger partial charge in [-0.1, -0.05) is 12.1 Å². The summed E-state index contributed by atoms with van der Waals surface area (Å²) in [4.78, 5) is 33.1. The van der Waals surface area contributed by atoms with Gasteiger partial charge in [-0.15, -0.1) is 0 Å². The van der Waals surface area contributed by atoms with E-state index in [4.69, 9.17) is 5.73 Å². The van der Waals surface area contributed by atoms with Crippen molar-refractivity contribution < 1.29 is 4.79 Å². The number of amides is 2. The lowest BCUT2D eigenvalue weighted by Crippen LogP contribution is -2.48. The molecule has 0 spiro atoms. The van der Waals surface area contributed by atoms with E-state index in [0.29, 0.717) is 19.0 Å². The molecule has 166 valence electrons. The van der Waals surface area contributed by atoms with Crippen LogP contribution in [0.4, 0.5) is 10.6 Å². The Morgan fingerprint density at radius 1 is 1.23 bits per heavy atom. The SMILES string of the molecule is NCC1CCN(CCc2cccc(-n3ccc(NC(=O)N4CCNCC4)nc3=O)c2)C1. The Morgan fingerprint density at radius 3 is 2.81 bits per heavy atom. The molecule has 0 bridgehead atoms. The lowest BCUT2D eigenvalue weighted by molar-refractivity contribution is 0.204. The van der Waals surface area contributed by atoms with Crippen LogP contribution in [0, 0.1) is 5.92 Å². The van der Waals surface area contributed by atoms with Crippen LogP contribution in [0.5, 0.6) is 0 Å². The Labute approximate surface area is 182 Å². The molecule has 2 amide bonds. The predicted molar refractivity (Wildman–Crippen MR) is 121 cm³/mol. The maximum Gasteiger partial charge on any atom is 0.354 e. The van der Waals surface area contributed by atoms with E-state index < -0.39 is 5.69 Å². The van der Waals surface area contributed by atoms with E-state index in [2.05, 4.69) is 26.6 Å².